The Balaban J connectivity index is 2.68. The zero-order chi connectivity index (χ0) is 13.1. The number of aryl methyl sites for hydroxylation is 2. The molecule has 0 aliphatic heterocycles. The number of hydrogen-bond donors (Lipinski definition) is 0. The van der Waals surface area contributed by atoms with Gasteiger partial charge >= 0.3 is 0 Å². The van der Waals surface area contributed by atoms with Crippen LogP contribution < -0.4 is 0 Å². The molecule has 0 atom stereocenters. The van der Waals surface area contributed by atoms with Crippen molar-refractivity contribution >= 4 is 5.57 Å². The summed E-state index contributed by atoms with van der Waals surface area (Å²) < 4.78 is 26.6. The van der Waals surface area contributed by atoms with Crippen molar-refractivity contribution in [2.24, 2.45) is 0 Å². The molecule has 0 radical (unpaired) electrons. The van der Waals surface area contributed by atoms with Crippen LogP contribution in [0.25, 0.3) is 5.57 Å². The van der Waals surface area contributed by atoms with Gasteiger partial charge in [0.1, 0.15) is 0 Å². The van der Waals surface area contributed by atoms with Gasteiger partial charge in [-0.1, -0.05) is 48.5 Å². The van der Waals surface area contributed by atoms with Crippen molar-refractivity contribution in [2.45, 2.75) is 13.8 Å². The Morgan fingerprint density at radius 2 is 1.11 bits per heavy atom. The van der Waals surface area contributed by atoms with Gasteiger partial charge in [-0.05, 0) is 36.1 Å². The molecule has 2 aromatic carbocycles. The number of rotatable bonds is 2. The molecule has 0 nitrogen and oxygen atoms in total. The average Bonchev–Trinajstić information content (AvgIpc) is 2.34. The molecule has 0 N–H and O–H groups in total. The maximum atomic E-state index is 13.3. The second-order valence-corrected chi connectivity index (χ2v) is 4.27. The standard InChI is InChI=1S/C16H14F2/c1-11-7-3-5-9-13(11)15(16(17)18)14-10-6-4-8-12(14)2/h3-10H,1-2H3. The van der Waals surface area contributed by atoms with E-state index in [0.717, 1.165) is 11.1 Å². The Morgan fingerprint density at radius 1 is 0.722 bits per heavy atom. The number of benzene rings is 2. The normalized spacial score (nSPS) is 10.2. The van der Waals surface area contributed by atoms with E-state index >= 15 is 0 Å². The molecular formula is C16H14F2. The lowest BCUT2D eigenvalue weighted by Gasteiger charge is -2.12. The second kappa shape index (κ2) is 5.13. The Labute approximate surface area is 106 Å². The summed E-state index contributed by atoms with van der Waals surface area (Å²) in [5.74, 6) is 0. The van der Waals surface area contributed by atoms with E-state index in [9.17, 15) is 8.78 Å². The third kappa shape index (κ3) is 2.33. The Hall–Kier alpha value is -1.96. The van der Waals surface area contributed by atoms with Gasteiger partial charge in [-0.3, -0.25) is 0 Å². The van der Waals surface area contributed by atoms with Crippen LogP contribution in [0.3, 0.4) is 0 Å². The second-order valence-electron chi connectivity index (χ2n) is 4.27. The summed E-state index contributed by atoms with van der Waals surface area (Å²) in [7, 11) is 0. The fraction of sp³-hybridized carbons (Fsp3) is 0.125. The van der Waals surface area contributed by atoms with Crippen molar-refractivity contribution in [2.75, 3.05) is 0 Å². The molecule has 0 unspecified atom stereocenters. The minimum absolute atomic E-state index is 0.0335. The highest BCUT2D eigenvalue weighted by Gasteiger charge is 2.15. The Bertz CT molecular complexity index is 546. The SMILES string of the molecule is Cc1ccccc1C(=C(F)F)c1ccccc1C. The van der Waals surface area contributed by atoms with E-state index in [-0.39, 0.29) is 5.57 Å². The molecule has 0 saturated heterocycles. The molecule has 18 heavy (non-hydrogen) atoms. The van der Waals surface area contributed by atoms with Gasteiger partial charge in [-0.15, -0.1) is 0 Å². The number of hydrogen-bond acceptors (Lipinski definition) is 0. The monoisotopic (exact) mass is 244 g/mol. The lowest BCUT2D eigenvalue weighted by atomic mass is 9.93. The lowest BCUT2D eigenvalue weighted by molar-refractivity contribution is 0.426. The van der Waals surface area contributed by atoms with Gasteiger partial charge in [-0.2, -0.15) is 8.78 Å². The summed E-state index contributed by atoms with van der Waals surface area (Å²) in [5.41, 5.74) is 2.91. The first kappa shape index (κ1) is 12.5. The van der Waals surface area contributed by atoms with Gasteiger partial charge in [-0.25, -0.2) is 0 Å². The van der Waals surface area contributed by atoms with Crippen molar-refractivity contribution in [1.29, 1.82) is 0 Å². The topological polar surface area (TPSA) is 0 Å². The largest absolute Gasteiger partial charge is 0.278 e. The molecule has 2 heteroatoms. The highest BCUT2D eigenvalue weighted by Crippen LogP contribution is 2.32. The van der Waals surface area contributed by atoms with Crippen LogP contribution in [0, 0.1) is 13.8 Å². The highest BCUT2D eigenvalue weighted by molar-refractivity contribution is 5.83. The van der Waals surface area contributed by atoms with Gasteiger partial charge in [0, 0.05) is 0 Å². The molecule has 0 amide bonds. The summed E-state index contributed by atoms with van der Waals surface area (Å²) in [6, 6.07) is 14.4. The van der Waals surface area contributed by atoms with Gasteiger partial charge in [0.15, 0.2) is 0 Å². The van der Waals surface area contributed by atoms with Gasteiger partial charge in [0.2, 0.25) is 0 Å². The van der Waals surface area contributed by atoms with E-state index in [1.165, 1.54) is 0 Å². The molecule has 0 spiro atoms. The maximum Gasteiger partial charge on any atom is 0.278 e. The molecule has 0 fully saturated rings. The maximum absolute atomic E-state index is 13.3. The Kier molecular flexibility index (Phi) is 3.56. The fourth-order valence-corrected chi connectivity index (χ4v) is 2.06. The third-order valence-corrected chi connectivity index (χ3v) is 3.02. The molecule has 92 valence electrons. The molecule has 0 heterocycles. The molecule has 2 rings (SSSR count). The van der Waals surface area contributed by atoms with Gasteiger partial charge in [0.25, 0.3) is 6.08 Å². The predicted octanol–water partition coefficient (Wildman–Crippen LogP) is 4.96. The summed E-state index contributed by atoms with van der Waals surface area (Å²) in [6.07, 6.45) is -1.64. The van der Waals surface area contributed by atoms with Crippen molar-refractivity contribution in [3.05, 3.63) is 76.9 Å². The van der Waals surface area contributed by atoms with Gasteiger partial charge in [0.05, 0.1) is 5.57 Å². The van der Waals surface area contributed by atoms with Crippen molar-refractivity contribution in [3.63, 3.8) is 0 Å². The molecule has 0 aromatic heterocycles. The summed E-state index contributed by atoms with van der Waals surface area (Å²) in [6.45, 7) is 3.69. The first-order chi connectivity index (χ1) is 8.61. The van der Waals surface area contributed by atoms with Crippen LogP contribution >= 0.6 is 0 Å². The first-order valence-corrected chi connectivity index (χ1v) is 5.78. The van der Waals surface area contributed by atoms with Crippen molar-refractivity contribution in [1.82, 2.24) is 0 Å². The molecule has 0 bridgehead atoms. The van der Waals surface area contributed by atoms with Gasteiger partial charge < -0.3 is 0 Å². The van der Waals surface area contributed by atoms with E-state index in [1.807, 2.05) is 38.1 Å². The molecule has 2 aromatic rings. The first-order valence-electron chi connectivity index (χ1n) is 5.78. The van der Waals surface area contributed by atoms with E-state index < -0.39 is 6.08 Å². The Morgan fingerprint density at radius 3 is 1.44 bits per heavy atom. The van der Waals surface area contributed by atoms with E-state index in [0.29, 0.717) is 11.1 Å². The minimum atomic E-state index is -1.64. The summed E-state index contributed by atoms with van der Waals surface area (Å²) in [4.78, 5) is 0. The smallest absolute Gasteiger partial charge is 0.173 e. The van der Waals surface area contributed by atoms with E-state index in [4.69, 9.17) is 0 Å². The zero-order valence-corrected chi connectivity index (χ0v) is 10.4. The highest BCUT2D eigenvalue weighted by atomic mass is 19.3. The zero-order valence-electron chi connectivity index (χ0n) is 10.4. The molecule has 0 aliphatic rings. The minimum Gasteiger partial charge on any atom is -0.173 e. The van der Waals surface area contributed by atoms with Crippen molar-refractivity contribution in [3.8, 4) is 0 Å². The molecule has 0 saturated carbocycles. The van der Waals surface area contributed by atoms with Crippen LogP contribution in [-0.4, -0.2) is 0 Å². The fourth-order valence-electron chi connectivity index (χ4n) is 2.06. The van der Waals surface area contributed by atoms with Crippen LogP contribution in [0.4, 0.5) is 8.78 Å². The van der Waals surface area contributed by atoms with E-state index in [2.05, 4.69) is 0 Å². The van der Waals surface area contributed by atoms with Crippen molar-refractivity contribution < 1.29 is 8.78 Å². The number of halogens is 2. The molecular weight excluding hydrogens is 230 g/mol. The van der Waals surface area contributed by atoms with Crippen LogP contribution in [0.1, 0.15) is 22.3 Å². The van der Waals surface area contributed by atoms with Crippen LogP contribution in [0.2, 0.25) is 0 Å². The predicted molar refractivity (Wildman–Crippen MR) is 70.6 cm³/mol. The van der Waals surface area contributed by atoms with Crippen LogP contribution in [-0.2, 0) is 0 Å². The lowest BCUT2D eigenvalue weighted by Crippen LogP contribution is -1.95. The average molecular weight is 244 g/mol. The van der Waals surface area contributed by atoms with Crippen LogP contribution in [0.5, 0.6) is 0 Å². The van der Waals surface area contributed by atoms with E-state index in [1.54, 1.807) is 24.3 Å². The van der Waals surface area contributed by atoms with Crippen LogP contribution in [0.15, 0.2) is 54.6 Å². The third-order valence-electron chi connectivity index (χ3n) is 3.02. The quantitative estimate of drug-likeness (QED) is 0.700. The summed E-state index contributed by atoms with van der Waals surface area (Å²) >= 11 is 0. The molecule has 0 aliphatic carbocycles. The summed E-state index contributed by atoms with van der Waals surface area (Å²) in [5, 5.41) is 0.